The summed E-state index contributed by atoms with van der Waals surface area (Å²) in [6.07, 6.45) is 1.01. The fourth-order valence-electron chi connectivity index (χ4n) is 2.07. The van der Waals surface area contributed by atoms with Crippen LogP contribution in [0.15, 0.2) is 44.6 Å². The molecule has 4 nitrogen and oxygen atoms in total. The number of ketones is 3. The SMILES string of the molecule is O=C1C(=O)c2c(C(=O)c3ccccc3)coc2C(F)=C1I. The Kier molecular flexibility index (Phi) is 3.32. The van der Waals surface area contributed by atoms with Crippen molar-refractivity contribution in [1.82, 2.24) is 0 Å². The van der Waals surface area contributed by atoms with Crippen molar-refractivity contribution < 1.29 is 23.2 Å². The molecule has 1 heterocycles. The quantitative estimate of drug-likeness (QED) is 0.444. The van der Waals surface area contributed by atoms with Gasteiger partial charge in [-0.05, 0) is 22.6 Å². The van der Waals surface area contributed by atoms with Crippen molar-refractivity contribution in [3.8, 4) is 0 Å². The van der Waals surface area contributed by atoms with E-state index in [2.05, 4.69) is 0 Å². The van der Waals surface area contributed by atoms with E-state index in [0.29, 0.717) is 5.56 Å². The van der Waals surface area contributed by atoms with Gasteiger partial charge in [-0.3, -0.25) is 14.4 Å². The molecule has 0 unspecified atom stereocenters. The van der Waals surface area contributed by atoms with Gasteiger partial charge in [0.1, 0.15) is 9.84 Å². The van der Waals surface area contributed by atoms with Crippen LogP contribution in [0.4, 0.5) is 4.39 Å². The maximum absolute atomic E-state index is 14.0. The number of benzene rings is 1. The second kappa shape index (κ2) is 5.03. The van der Waals surface area contributed by atoms with Gasteiger partial charge >= 0.3 is 0 Å². The van der Waals surface area contributed by atoms with Crippen LogP contribution in [0.5, 0.6) is 0 Å². The molecular formula is C15H6FIO4. The van der Waals surface area contributed by atoms with Gasteiger partial charge < -0.3 is 4.42 Å². The van der Waals surface area contributed by atoms with E-state index >= 15 is 0 Å². The topological polar surface area (TPSA) is 64.3 Å². The predicted molar refractivity (Wildman–Crippen MR) is 80.0 cm³/mol. The van der Waals surface area contributed by atoms with Crippen LogP contribution in [0.25, 0.3) is 5.83 Å². The zero-order valence-corrected chi connectivity index (χ0v) is 12.5. The Morgan fingerprint density at radius 2 is 1.76 bits per heavy atom. The third-order valence-corrected chi connectivity index (χ3v) is 4.06. The number of hydrogen-bond acceptors (Lipinski definition) is 4. The summed E-state index contributed by atoms with van der Waals surface area (Å²) in [4.78, 5) is 36.1. The van der Waals surface area contributed by atoms with Crippen molar-refractivity contribution in [1.29, 1.82) is 0 Å². The highest BCUT2D eigenvalue weighted by Crippen LogP contribution is 2.36. The maximum atomic E-state index is 14.0. The number of carbonyl (C=O) groups is 3. The molecule has 0 bridgehead atoms. The van der Waals surface area contributed by atoms with E-state index in [4.69, 9.17) is 4.42 Å². The molecule has 1 aliphatic carbocycles. The van der Waals surface area contributed by atoms with E-state index in [9.17, 15) is 18.8 Å². The Bertz CT molecular complexity index is 817. The van der Waals surface area contributed by atoms with Crippen molar-refractivity contribution in [2.75, 3.05) is 0 Å². The Balaban J connectivity index is 2.18. The molecule has 0 amide bonds. The van der Waals surface area contributed by atoms with Gasteiger partial charge in [0.05, 0.1) is 11.1 Å². The molecule has 0 radical (unpaired) electrons. The minimum atomic E-state index is -0.968. The minimum Gasteiger partial charge on any atom is -0.460 e. The van der Waals surface area contributed by atoms with Gasteiger partial charge in [0.15, 0.2) is 17.4 Å². The summed E-state index contributed by atoms with van der Waals surface area (Å²) in [6.45, 7) is 0. The maximum Gasteiger partial charge on any atom is 0.242 e. The van der Waals surface area contributed by atoms with Gasteiger partial charge in [-0.15, -0.1) is 0 Å². The lowest BCUT2D eigenvalue weighted by Gasteiger charge is -2.09. The largest absolute Gasteiger partial charge is 0.460 e. The summed E-state index contributed by atoms with van der Waals surface area (Å²) >= 11 is 1.45. The average Bonchev–Trinajstić information content (AvgIpc) is 2.96. The minimum absolute atomic E-state index is 0.103. The molecule has 2 aromatic rings. The molecule has 104 valence electrons. The highest BCUT2D eigenvalue weighted by atomic mass is 127. The van der Waals surface area contributed by atoms with Crippen LogP contribution >= 0.6 is 22.6 Å². The molecule has 0 fully saturated rings. The lowest BCUT2D eigenvalue weighted by Crippen LogP contribution is -2.22. The number of hydrogen-bond donors (Lipinski definition) is 0. The summed E-state index contributed by atoms with van der Waals surface area (Å²) in [6, 6.07) is 8.19. The fraction of sp³-hybridized carbons (Fsp3) is 0. The van der Waals surface area contributed by atoms with Gasteiger partial charge in [-0.25, -0.2) is 4.39 Å². The third kappa shape index (κ3) is 2.06. The van der Waals surface area contributed by atoms with Crippen LogP contribution in [0.3, 0.4) is 0 Å². The molecule has 0 saturated heterocycles. The summed E-state index contributed by atoms with van der Waals surface area (Å²) in [5.74, 6) is -3.66. The number of fused-ring (bicyclic) bond motifs is 1. The first-order chi connectivity index (χ1) is 10.0. The summed E-state index contributed by atoms with van der Waals surface area (Å²) in [5, 5.41) is 0. The van der Waals surface area contributed by atoms with E-state index < -0.39 is 23.2 Å². The molecule has 1 aliphatic rings. The molecule has 0 N–H and O–H groups in total. The first kappa shape index (κ1) is 13.9. The van der Waals surface area contributed by atoms with Crippen LogP contribution in [0.2, 0.25) is 0 Å². The Hall–Kier alpha value is -2.09. The number of halogens is 2. The first-order valence-electron chi connectivity index (χ1n) is 5.88. The highest BCUT2D eigenvalue weighted by molar-refractivity contribution is 14.1. The van der Waals surface area contributed by atoms with E-state index in [1.54, 1.807) is 30.3 Å². The zero-order valence-electron chi connectivity index (χ0n) is 10.4. The summed E-state index contributed by atoms with van der Waals surface area (Å²) in [7, 11) is 0. The number of allylic oxidation sites excluding steroid dienone is 1. The number of Topliss-reactive ketones (excluding diaryl/α,β-unsaturated/α-hetero) is 2. The Labute approximate surface area is 131 Å². The van der Waals surface area contributed by atoms with Crippen molar-refractivity contribution in [3.63, 3.8) is 0 Å². The zero-order chi connectivity index (χ0) is 15.1. The number of rotatable bonds is 2. The number of furan rings is 1. The van der Waals surface area contributed by atoms with Gasteiger partial charge in [0, 0.05) is 5.56 Å². The lowest BCUT2D eigenvalue weighted by molar-refractivity contribution is -0.111. The Morgan fingerprint density at radius 3 is 2.43 bits per heavy atom. The Morgan fingerprint density at radius 1 is 1.10 bits per heavy atom. The van der Waals surface area contributed by atoms with E-state index in [0.717, 1.165) is 6.26 Å². The van der Waals surface area contributed by atoms with E-state index in [1.165, 1.54) is 22.6 Å². The predicted octanol–water partition coefficient (Wildman–Crippen LogP) is 3.35. The van der Waals surface area contributed by atoms with E-state index in [1.807, 2.05) is 0 Å². The van der Waals surface area contributed by atoms with Gasteiger partial charge in [0.2, 0.25) is 11.6 Å². The van der Waals surface area contributed by atoms with Crippen molar-refractivity contribution in [2.24, 2.45) is 0 Å². The summed E-state index contributed by atoms with van der Waals surface area (Å²) < 4.78 is 18.6. The second-order valence-electron chi connectivity index (χ2n) is 4.33. The van der Waals surface area contributed by atoms with Crippen LogP contribution in [0.1, 0.15) is 32.0 Å². The summed E-state index contributed by atoms with van der Waals surface area (Å²) in [5.41, 5.74) is -0.0774. The molecule has 21 heavy (non-hydrogen) atoms. The van der Waals surface area contributed by atoms with Crippen molar-refractivity contribution >= 4 is 45.8 Å². The molecule has 0 aliphatic heterocycles. The first-order valence-corrected chi connectivity index (χ1v) is 6.96. The number of carbonyl (C=O) groups excluding carboxylic acids is 3. The van der Waals surface area contributed by atoms with Crippen LogP contribution in [-0.2, 0) is 4.79 Å². The van der Waals surface area contributed by atoms with Crippen LogP contribution in [0, 0.1) is 0 Å². The second-order valence-corrected chi connectivity index (χ2v) is 5.41. The van der Waals surface area contributed by atoms with E-state index in [-0.39, 0.29) is 20.5 Å². The monoisotopic (exact) mass is 396 g/mol. The van der Waals surface area contributed by atoms with Crippen molar-refractivity contribution in [2.45, 2.75) is 0 Å². The molecule has 0 spiro atoms. The van der Waals surface area contributed by atoms with Crippen molar-refractivity contribution in [3.05, 3.63) is 62.6 Å². The fourth-order valence-corrected chi connectivity index (χ4v) is 2.56. The van der Waals surface area contributed by atoms with Gasteiger partial charge in [-0.1, -0.05) is 30.3 Å². The molecule has 0 atom stereocenters. The molecule has 6 heteroatoms. The smallest absolute Gasteiger partial charge is 0.242 e. The van der Waals surface area contributed by atoms with Crippen LogP contribution < -0.4 is 0 Å². The molecule has 3 rings (SSSR count). The van der Waals surface area contributed by atoms with Gasteiger partial charge in [0.25, 0.3) is 0 Å². The normalized spacial score (nSPS) is 14.4. The highest BCUT2D eigenvalue weighted by Gasteiger charge is 2.38. The van der Waals surface area contributed by atoms with Crippen LogP contribution in [-0.4, -0.2) is 17.3 Å². The van der Waals surface area contributed by atoms with Gasteiger partial charge in [-0.2, -0.15) is 0 Å². The third-order valence-electron chi connectivity index (χ3n) is 3.10. The standard InChI is InChI=1S/C15H6FIO4/c16-10-11(17)14(20)13(19)9-8(6-21-15(9)10)12(18)7-4-2-1-3-5-7/h1-6H. The lowest BCUT2D eigenvalue weighted by atomic mass is 9.93. The molecule has 0 saturated carbocycles. The molecule has 1 aromatic heterocycles. The molecular weight excluding hydrogens is 390 g/mol. The molecule has 1 aromatic carbocycles. The average molecular weight is 396 g/mol.